The van der Waals surface area contributed by atoms with Gasteiger partial charge in [0.25, 0.3) is 5.91 Å². The standard InChI is InChI=1S/C60H100N6O20/c1-29(2)20-43(68)82-49-36(9)48(31(4)27-78-57-52(76-18)51(75-17)45(69)39(12)81-57)84-55(73)38(11)50(83-44-21-32(5)66(16)26-34(7)79-44)35(8)47(85-56-46(70)40(65-77-19)22-33(6)80-56)30(3)23-60(15,53(71)37(49)10)86-58(74)64-59(13,14)28-63-54(72)41-24-62-42(67)25-61-41/h24-25,29-39,44-52,56-57,69-70H,20-23,26-28H2,1-19H3,(H,62,67)(H,63,72)(H,64,74)/t30-,31-,32-,33+,34-,35+,36-,37+,38+,39+,44-,45+,46+,47-,48+,49+,50-,51+,52+,56-,57+,60-/m0/s1. The minimum Gasteiger partial charge on any atom is -0.492 e. The topological polar surface area (TPSA) is 322 Å². The molecule has 86 heavy (non-hydrogen) atoms. The maximum absolute atomic E-state index is 16.0. The minimum absolute atomic E-state index is 0.0257. The lowest BCUT2D eigenvalue weighted by Gasteiger charge is -2.45. The van der Waals surface area contributed by atoms with E-state index in [1.807, 2.05) is 41.7 Å². The summed E-state index contributed by atoms with van der Waals surface area (Å²) in [5.41, 5.74) is -3.18. The lowest BCUT2D eigenvalue weighted by Crippen LogP contribution is -2.59. The molecule has 0 aliphatic carbocycles. The van der Waals surface area contributed by atoms with Gasteiger partial charge in [-0.3, -0.25) is 19.2 Å². The average Bonchev–Trinajstić information content (AvgIpc) is 1.12. The number of carbonyl (C=O) groups excluding carboxylic acids is 5. The second kappa shape index (κ2) is 31.6. The Bertz CT molecular complexity index is 2400. The maximum Gasteiger partial charge on any atom is 0.408 e. The van der Waals surface area contributed by atoms with Gasteiger partial charge >= 0.3 is 18.0 Å². The van der Waals surface area contributed by atoms with Gasteiger partial charge in [0.1, 0.15) is 49.4 Å². The first kappa shape index (κ1) is 72.0. The van der Waals surface area contributed by atoms with E-state index in [4.69, 9.17) is 56.9 Å². The number of cyclic esters (lactones) is 1. The zero-order valence-corrected chi connectivity index (χ0v) is 53.9. The van der Waals surface area contributed by atoms with Crippen molar-refractivity contribution in [2.75, 3.05) is 48.1 Å². The fourth-order valence-electron chi connectivity index (χ4n) is 12.1. The molecular formula is C60H100N6O20. The Morgan fingerprint density at radius 2 is 1.52 bits per heavy atom. The quantitative estimate of drug-likeness (QED) is 0.0711. The number of nitrogens with zero attached hydrogens (tertiary/aromatic N) is 4. The van der Waals surface area contributed by atoms with Crippen LogP contribution in [0.4, 0.5) is 4.79 Å². The Hall–Kier alpha value is -4.74. The van der Waals surface area contributed by atoms with Gasteiger partial charge in [0.15, 0.2) is 30.3 Å². The van der Waals surface area contributed by atoms with E-state index < -0.39 is 156 Å². The number of ether oxygens (including phenoxy) is 11. The number of amides is 2. The molecule has 0 bridgehead atoms. The number of aromatic nitrogens is 2. The molecule has 4 aliphatic heterocycles. The largest absolute Gasteiger partial charge is 0.492 e. The molecule has 4 fully saturated rings. The van der Waals surface area contributed by atoms with Gasteiger partial charge in [-0.1, -0.05) is 53.6 Å². The molecule has 26 nitrogen and oxygen atoms in total. The first-order valence-electron chi connectivity index (χ1n) is 30.1. The number of methoxy groups -OCH3 is 2. The summed E-state index contributed by atoms with van der Waals surface area (Å²) in [5, 5.41) is 42.1. The van der Waals surface area contributed by atoms with Gasteiger partial charge in [0, 0.05) is 70.4 Å². The van der Waals surface area contributed by atoms with E-state index >= 15 is 9.59 Å². The number of ketones is 1. The number of likely N-dealkylation sites (N-methyl/N-ethyl adjacent to an activating group) is 1. The summed E-state index contributed by atoms with van der Waals surface area (Å²) in [5.74, 6) is -9.08. The summed E-state index contributed by atoms with van der Waals surface area (Å²) in [4.78, 5) is 88.3. The third-order valence-corrected chi connectivity index (χ3v) is 16.9. The summed E-state index contributed by atoms with van der Waals surface area (Å²) in [7, 11) is 6.22. The number of aliphatic hydroxyl groups excluding tert-OH is 2. The smallest absolute Gasteiger partial charge is 0.408 e. The number of alkyl carbamates (subject to hydrolysis) is 1. The number of aliphatic hydroxyl groups is 2. The van der Waals surface area contributed by atoms with E-state index in [1.165, 1.54) is 28.3 Å². The molecular weight excluding hydrogens is 1120 g/mol. The highest BCUT2D eigenvalue weighted by molar-refractivity contribution is 5.93. The lowest BCUT2D eigenvalue weighted by atomic mass is 9.74. The Morgan fingerprint density at radius 3 is 2.14 bits per heavy atom. The molecule has 5 rings (SSSR count). The SMILES string of the molecule is CON=C1C[C@@H](C)O[C@@H](O[C@@H]2[C@@H](C)[C@H](O[C@H]3C[C@H](C)N(C)C[C@H](C)O3)[C@@H](C)C(=O)O[C@H]([C@@H](C)CO[C@@H]3O[C@H](C)[C@@H](O)[C@@H](OC)[C@H]3OC)[C@H](C)[C@@H](OC(=O)CC(C)C)[C@@H](C)C(=O)[C@@](C)(OC(=O)NC(C)(C)CNC(=O)c3cnc(O)cn3)C[C@@H]2C)[C@@H]1O. The molecule has 5 heterocycles. The van der Waals surface area contributed by atoms with Gasteiger partial charge in [-0.15, -0.1) is 0 Å². The zero-order chi connectivity index (χ0) is 64.3. The predicted octanol–water partition coefficient (Wildman–Crippen LogP) is 4.71. The molecule has 0 unspecified atom stereocenters. The van der Waals surface area contributed by atoms with Crippen LogP contribution in [0.3, 0.4) is 0 Å². The molecule has 0 radical (unpaired) electrons. The number of hydrogen-bond donors (Lipinski definition) is 5. The Morgan fingerprint density at radius 1 is 0.849 bits per heavy atom. The molecule has 0 saturated carbocycles. The molecule has 22 atom stereocenters. The molecule has 0 spiro atoms. The van der Waals surface area contributed by atoms with Gasteiger partial charge in [-0.2, -0.15) is 0 Å². The number of hydrogen-bond acceptors (Lipinski definition) is 24. The molecule has 1 aromatic heterocycles. The fraction of sp³-hybridized carbons (Fsp3) is 0.833. The Labute approximate surface area is 507 Å². The molecule has 4 aliphatic rings. The highest BCUT2D eigenvalue weighted by atomic mass is 16.7. The van der Waals surface area contributed by atoms with Crippen LogP contribution in [0, 0.1) is 41.4 Å². The second-order valence-corrected chi connectivity index (χ2v) is 25.6. The third kappa shape index (κ3) is 18.9. The first-order valence-corrected chi connectivity index (χ1v) is 30.1. The first-order chi connectivity index (χ1) is 40.2. The van der Waals surface area contributed by atoms with Crippen molar-refractivity contribution in [1.82, 2.24) is 25.5 Å². The van der Waals surface area contributed by atoms with Crippen molar-refractivity contribution in [2.45, 2.75) is 233 Å². The van der Waals surface area contributed by atoms with Gasteiger partial charge in [-0.25, -0.2) is 14.8 Å². The van der Waals surface area contributed by atoms with Crippen LogP contribution < -0.4 is 10.6 Å². The van der Waals surface area contributed by atoms with Crippen molar-refractivity contribution in [3.05, 3.63) is 18.1 Å². The molecule has 490 valence electrons. The van der Waals surface area contributed by atoms with Crippen molar-refractivity contribution >= 4 is 35.4 Å². The van der Waals surface area contributed by atoms with E-state index in [2.05, 4.69) is 30.7 Å². The highest BCUT2D eigenvalue weighted by Gasteiger charge is 2.53. The predicted molar refractivity (Wildman–Crippen MR) is 310 cm³/mol. The molecule has 1 aromatic rings. The van der Waals surface area contributed by atoms with Gasteiger partial charge in [-0.05, 0) is 80.7 Å². The fourth-order valence-corrected chi connectivity index (χ4v) is 12.1. The van der Waals surface area contributed by atoms with Crippen LogP contribution in [0.5, 0.6) is 5.88 Å². The number of rotatable bonds is 19. The highest BCUT2D eigenvalue weighted by Crippen LogP contribution is 2.41. The van der Waals surface area contributed by atoms with Crippen molar-refractivity contribution in [3.8, 4) is 5.88 Å². The number of esters is 2. The van der Waals surface area contributed by atoms with Crippen LogP contribution >= 0.6 is 0 Å². The van der Waals surface area contributed by atoms with Crippen LogP contribution in [-0.4, -0.2) is 217 Å². The number of oxime groups is 1. The van der Waals surface area contributed by atoms with Crippen molar-refractivity contribution in [2.24, 2.45) is 46.6 Å². The number of Topliss-reactive ketones (excluding diaryl/α,β-unsaturated/α-hetero) is 1. The summed E-state index contributed by atoms with van der Waals surface area (Å²) in [6.07, 6.45) is -12.5. The van der Waals surface area contributed by atoms with Crippen LogP contribution in [0.25, 0.3) is 0 Å². The van der Waals surface area contributed by atoms with Gasteiger partial charge in [0.2, 0.25) is 5.88 Å². The van der Waals surface area contributed by atoms with Crippen molar-refractivity contribution < 1.29 is 96.2 Å². The molecule has 26 heteroatoms. The number of nitrogens with one attached hydrogen (secondary N) is 2. The van der Waals surface area contributed by atoms with E-state index in [-0.39, 0.29) is 67.8 Å². The van der Waals surface area contributed by atoms with E-state index in [1.54, 1.807) is 62.3 Å². The van der Waals surface area contributed by atoms with Crippen molar-refractivity contribution in [1.29, 1.82) is 0 Å². The van der Waals surface area contributed by atoms with E-state index in [9.17, 15) is 29.7 Å². The third-order valence-electron chi connectivity index (χ3n) is 16.9. The molecule has 2 amide bonds. The van der Waals surface area contributed by atoms with Crippen LogP contribution in [0.2, 0.25) is 0 Å². The van der Waals surface area contributed by atoms with Crippen LogP contribution in [0.15, 0.2) is 17.5 Å². The summed E-state index contributed by atoms with van der Waals surface area (Å²) >= 11 is 0. The lowest BCUT2D eigenvalue weighted by molar-refractivity contribution is -0.305. The maximum atomic E-state index is 16.0. The molecule has 0 aromatic carbocycles. The number of carbonyl (C=O) groups is 5. The Kier molecular flexibility index (Phi) is 26.5. The summed E-state index contributed by atoms with van der Waals surface area (Å²) < 4.78 is 70.5. The monoisotopic (exact) mass is 1220 g/mol. The van der Waals surface area contributed by atoms with E-state index in [0.29, 0.717) is 13.0 Å². The van der Waals surface area contributed by atoms with E-state index in [0.717, 1.165) is 12.4 Å². The van der Waals surface area contributed by atoms with Crippen LogP contribution in [-0.2, 0) is 71.3 Å². The Balaban J connectivity index is 1.70. The molecule has 5 N–H and O–H groups in total. The van der Waals surface area contributed by atoms with Gasteiger partial charge in [0.05, 0.1) is 72.6 Å². The van der Waals surface area contributed by atoms with Crippen LogP contribution in [0.1, 0.15) is 140 Å². The average molecular weight is 1230 g/mol. The number of aromatic hydroxyl groups is 1. The summed E-state index contributed by atoms with van der Waals surface area (Å²) in [6.45, 7) is 26.4. The normalized spacial score (nSPS) is 37.3. The zero-order valence-electron chi connectivity index (χ0n) is 53.9. The van der Waals surface area contributed by atoms with Crippen molar-refractivity contribution in [3.63, 3.8) is 0 Å². The van der Waals surface area contributed by atoms with Gasteiger partial charge < -0.3 is 87.8 Å². The molecule has 4 saturated heterocycles. The second-order valence-electron chi connectivity index (χ2n) is 25.6. The minimum atomic E-state index is -2.10. The summed E-state index contributed by atoms with van der Waals surface area (Å²) in [6, 6.07) is -0.0257.